The average molecular weight is 273 g/mol. The van der Waals surface area contributed by atoms with Crippen molar-refractivity contribution in [1.29, 1.82) is 0 Å². The number of hydrogen-bond donors (Lipinski definition) is 1. The highest BCUT2D eigenvalue weighted by Crippen LogP contribution is 2.32. The van der Waals surface area contributed by atoms with E-state index < -0.39 is 5.92 Å². The lowest BCUT2D eigenvalue weighted by Gasteiger charge is -2.17. The predicted octanol–water partition coefficient (Wildman–Crippen LogP) is 2.68. The van der Waals surface area contributed by atoms with Gasteiger partial charge in [-0.25, -0.2) is 4.39 Å². The molecule has 3 rings (SSSR count). The Morgan fingerprint density at radius 1 is 1.10 bits per heavy atom. The quantitative estimate of drug-likeness (QED) is 0.843. The predicted molar refractivity (Wildman–Crippen MR) is 73.4 cm³/mol. The molecule has 1 aliphatic carbocycles. The summed E-state index contributed by atoms with van der Waals surface area (Å²) in [6, 6.07) is 6.75. The molecule has 0 unspecified atom stereocenters. The van der Waals surface area contributed by atoms with Gasteiger partial charge in [0.15, 0.2) is 11.6 Å². The number of carbonyl (C=O) groups excluding carboxylic acids is 2. The fourth-order valence-electron chi connectivity index (χ4n) is 2.92. The molecule has 1 saturated heterocycles. The maximum absolute atomic E-state index is 14.3. The molecule has 0 spiro atoms. The maximum atomic E-state index is 14.3. The minimum Gasteiger partial charge on any atom is -0.316 e. The van der Waals surface area contributed by atoms with Crippen molar-refractivity contribution >= 4 is 11.6 Å². The van der Waals surface area contributed by atoms with E-state index in [1.807, 2.05) is 0 Å². The number of fused-ring (bicyclic) bond motifs is 1. The van der Waals surface area contributed by atoms with Crippen LogP contribution in [0.5, 0.6) is 0 Å². The van der Waals surface area contributed by atoms with E-state index in [4.69, 9.17) is 0 Å². The minimum atomic E-state index is -0.866. The van der Waals surface area contributed by atoms with E-state index in [0.717, 1.165) is 18.7 Å². The smallest absolute Gasteiger partial charge is 0.174 e. The first-order chi connectivity index (χ1) is 9.68. The summed E-state index contributed by atoms with van der Waals surface area (Å²) in [6.45, 7) is 1.52. The van der Waals surface area contributed by atoms with Crippen LogP contribution in [0.4, 0.5) is 4.39 Å². The van der Waals surface area contributed by atoms with Gasteiger partial charge in [0.2, 0.25) is 0 Å². The Balaban J connectivity index is 1.83. The van der Waals surface area contributed by atoms with E-state index in [0.29, 0.717) is 24.0 Å². The van der Waals surface area contributed by atoms with Crippen molar-refractivity contribution in [2.45, 2.75) is 19.3 Å². The van der Waals surface area contributed by atoms with Crippen LogP contribution in [0.1, 0.15) is 40.0 Å². The molecule has 2 aliphatic rings. The van der Waals surface area contributed by atoms with Crippen molar-refractivity contribution in [3.05, 3.63) is 46.8 Å². The summed E-state index contributed by atoms with van der Waals surface area (Å²) >= 11 is 0. The standard InChI is InChI=1S/C16H16FNO2/c17-14(10-5-7-18-8-6-10)9-13-15(19)11-3-1-2-4-12(11)16(13)20/h1-4,13,18H,5-9H2. The lowest BCUT2D eigenvalue weighted by molar-refractivity contribution is 0.0833. The molecule has 104 valence electrons. The second-order valence-electron chi connectivity index (χ2n) is 5.29. The Morgan fingerprint density at radius 2 is 1.65 bits per heavy atom. The van der Waals surface area contributed by atoms with Crippen molar-refractivity contribution in [2.24, 2.45) is 5.92 Å². The second kappa shape index (κ2) is 5.29. The zero-order valence-corrected chi connectivity index (χ0v) is 11.1. The molecule has 3 nitrogen and oxygen atoms in total. The third kappa shape index (κ3) is 2.20. The maximum Gasteiger partial charge on any atom is 0.174 e. The molecule has 1 aliphatic heterocycles. The zero-order valence-electron chi connectivity index (χ0n) is 11.1. The summed E-state index contributed by atoms with van der Waals surface area (Å²) in [6.07, 6.45) is 1.24. The Morgan fingerprint density at radius 3 is 2.20 bits per heavy atom. The van der Waals surface area contributed by atoms with Gasteiger partial charge in [-0.1, -0.05) is 24.3 Å². The number of piperidine rings is 1. The molecule has 4 heteroatoms. The molecule has 1 N–H and O–H groups in total. The van der Waals surface area contributed by atoms with Crippen molar-refractivity contribution in [3.63, 3.8) is 0 Å². The molecule has 0 aromatic heterocycles. The number of allylic oxidation sites excluding steroid dienone is 1. The number of hydrogen-bond acceptors (Lipinski definition) is 3. The van der Waals surface area contributed by atoms with Gasteiger partial charge >= 0.3 is 0 Å². The van der Waals surface area contributed by atoms with E-state index in [1.54, 1.807) is 24.3 Å². The molecule has 0 amide bonds. The fraction of sp³-hybridized carbons (Fsp3) is 0.375. The number of benzene rings is 1. The normalized spacial score (nSPS) is 19.4. The molecule has 1 fully saturated rings. The SMILES string of the molecule is O=C1c2ccccc2C(=O)C1CC(F)=C1CCNCC1. The highest BCUT2D eigenvalue weighted by atomic mass is 19.1. The van der Waals surface area contributed by atoms with E-state index in [1.165, 1.54) is 0 Å². The van der Waals surface area contributed by atoms with Gasteiger partial charge in [-0.2, -0.15) is 0 Å². The first kappa shape index (κ1) is 13.2. The van der Waals surface area contributed by atoms with Crippen LogP contribution >= 0.6 is 0 Å². The van der Waals surface area contributed by atoms with Crippen LogP contribution in [0.2, 0.25) is 0 Å². The lowest BCUT2D eigenvalue weighted by Crippen LogP contribution is -2.24. The van der Waals surface area contributed by atoms with Crippen molar-refractivity contribution in [1.82, 2.24) is 5.32 Å². The first-order valence-corrected chi connectivity index (χ1v) is 6.93. The number of halogens is 1. The van der Waals surface area contributed by atoms with Crippen LogP contribution in [0.3, 0.4) is 0 Å². The molecule has 0 saturated carbocycles. The summed E-state index contributed by atoms with van der Waals surface area (Å²) in [4.78, 5) is 24.4. The van der Waals surface area contributed by atoms with Gasteiger partial charge in [0.25, 0.3) is 0 Å². The van der Waals surface area contributed by atoms with E-state index in [9.17, 15) is 14.0 Å². The van der Waals surface area contributed by atoms with Crippen LogP contribution < -0.4 is 5.32 Å². The lowest BCUT2D eigenvalue weighted by atomic mass is 9.95. The number of ketones is 2. The highest BCUT2D eigenvalue weighted by Gasteiger charge is 2.38. The second-order valence-corrected chi connectivity index (χ2v) is 5.29. The van der Waals surface area contributed by atoms with E-state index in [2.05, 4.69) is 5.32 Å². The van der Waals surface area contributed by atoms with Crippen molar-refractivity contribution < 1.29 is 14.0 Å². The summed E-state index contributed by atoms with van der Waals surface area (Å²) < 4.78 is 14.3. The summed E-state index contributed by atoms with van der Waals surface area (Å²) in [5, 5.41) is 3.16. The fourth-order valence-corrected chi connectivity index (χ4v) is 2.92. The highest BCUT2D eigenvalue weighted by molar-refractivity contribution is 6.26. The molecule has 0 radical (unpaired) electrons. The van der Waals surface area contributed by atoms with Gasteiger partial charge < -0.3 is 5.32 Å². The van der Waals surface area contributed by atoms with Gasteiger partial charge in [0.05, 0.1) is 5.92 Å². The Kier molecular flexibility index (Phi) is 3.49. The Hall–Kier alpha value is -1.81. The third-order valence-corrected chi connectivity index (χ3v) is 4.07. The summed E-state index contributed by atoms with van der Waals surface area (Å²) in [5.41, 5.74) is 1.62. The topological polar surface area (TPSA) is 46.2 Å². The molecule has 0 bridgehead atoms. The van der Waals surface area contributed by atoms with Gasteiger partial charge in [0.1, 0.15) is 5.83 Å². The van der Waals surface area contributed by atoms with Gasteiger partial charge in [-0.15, -0.1) is 0 Å². The van der Waals surface area contributed by atoms with Crippen LogP contribution in [-0.2, 0) is 0 Å². The van der Waals surface area contributed by atoms with Crippen LogP contribution in [0, 0.1) is 5.92 Å². The largest absolute Gasteiger partial charge is 0.316 e. The van der Waals surface area contributed by atoms with Crippen LogP contribution in [-0.4, -0.2) is 24.7 Å². The number of nitrogens with one attached hydrogen (secondary N) is 1. The molecular weight excluding hydrogens is 257 g/mol. The van der Waals surface area contributed by atoms with Gasteiger partial charge in [0, 0.05) is 17.5 Å². The van der Waals surface area contributed by atoms with Crippen LogP contribution in [0.25, 0.3) is 0 Å². The van der Waals surface area contributed by atoms with Crippen LogP contribution in [0.15, 0.2) is 35.7 Å². The molecule has 1 aromatic rings. The Labute approximate surface area is 116 Å². The minimum absolute atomic E-state index is 0.0817. The number of carbonyl (C=O) groups is 2. The zero-order chi connectivity index (χ0) is 14.1. The molecular formula is C16H16FNO2. The molecule has 1 heterocycles. The van der Waals surface area contributed by atoms with Crippen molar-refractivity contribution in [3.8, 4) is 0 Å². The summed E-state index contributed by atoms with van der Waals surface area (Å²) in [7, 11) is 0. The van der Waals surface area contributed by atoms with Gasteiger partial charge in [-0.05, 0) is 31.5 Å². The number of rotatable bonds is 2. The average Bonchev–Trinajstić information content (AvgIpc) is 2.74. The molecule has 0 atom stereocenters. The Bertz CT molecular complexity index is 563. The first-order valence-electron chi connectivity index (χ1n) is 6.93. The molecule has 20 heavy (non-hydrogen) atoms. The number of Topliss-reactive ketones (excluding diaryl/α,β-unsaturated/α-hetero) is 2. The van der Waals surface area contributed by atoms with E-state index >= 15 is 0 Å². The molecule has 1 aromatic carbocycles. The third-order valence-electron chi connectivity index (χ3n) is 4.07. The van der Waals surface area contributed by atoms with E-state index in [-0.39, 0.29) is 23.8 Å². The monoisotopic (exact) mass is 273 g/mol. The van der Waals surface area contributed by atoms with Gasteiger partial charge in [-0.3, -0.25) is 9.59 Å². The summed E-state index contributed by atoms with van der Waals surface area (Å²) in [5.74, 6) is -1.62. The van der Waals surface area contributed by atoms with Crippen molar-refractivity contribution in [2.75, 3.05) is 13.1 Å².